The Hall–Kier alpha value is -2.66. The van der Waals surface area contributed by atoms with Gasteiger partial charge in [0, 0.05) is 12.6 Å². The van der Waals surface area contributed by atoms with Gasteiger partial charge in [0.05, 0.1) is 50.4 Å². The van der Waals surface area contributed by atoms with E-state index < -0.39 is 28.3 Å². The molecule has 0 aliphatic carbocycles. The number of rotatable bonds is 10. The molecule has 1 aliphatic heterocycles. The van der Waals surface area contributed by atoms with E-state index in [1.165, 1.54) is 19.2 Å². The normalized spacial score (nSPS) is 20.8. The minimum Gasteiger partial charge on any atom is -0.497 e. The van der Waals surface area contributed by atoms with Crippen LogP contribution in [-0.4, -0.2) is 58.5 Å². The molecule has 0 spiro atoms. The van der Waals surface area contributed by atoms with Crippen LogP contribution in [0.1, 0.15) is 24.8 Å². The zero-order valence-electron chi connectivity index (χ0n) is 18.7. The van der Waals surface area contributed by atoms with E-state index >= 15 is 0 Å². The highest BCUT2D eigenvalue weighted by Gasteiger charge is 2.34. The summed E-state index contributed by atoms with van der Waals surface area (Å²) in [6, 6.07) is 12.9. The van der Waals surface area contributed by atoms with Gasteiger partial charge < -0.3 is 24.6 Å². The van der Waals surface area contributed by atoms with Crippen LogP contribution in [0.4, 0.5) is 0 Å². The van der Waals surface area contributed by atoms with E-state index in [9.17, 15) is 18.3 Å². The van der Waals surface area contributed by atoms with E-state index in [0.29, 0.717) is 25.1 Å². The van der Waals surface area contributed by atoms with Crippen molar-refractivity contribution in [3.63, 3.8) is 0 Å². The maximum absolute atomic E-state index is 12.8. The molecule has 3 rings (SSSR count). The molecule has 3 atom stereocenters. The summed E-state index contributed by atoms with van der Waals surface area (Å²) in [5.41, 5.74) is 0.939. The minimum absolute atomic E-state index is 0.0681. The van der Waals surface area contributed by atoms with Gasteiger partial charge in [0.1, 0.15) is 11.5 Å². The van der Waals surface area contributed by atoms with Gasteiger partial charge in [0.2, 0.25) is 15.9 Å². The quantitative estimate of drug-likeness (QED) is 0.474. The van der Waals surface area contributed by atoms with Crippen molar-refractivity contribution >= 4 is 15.9 Å². The van der Waals surface area contributed by atoms with E-state index in [2.05, 4.69) is 10.0 Å². The van der Waals surface area contributed by atoms with Crippen LogP contribution in [-0.2, 0) is 26.1 Å². The third-order valence-corrected chi connectivity index (χ3v) is 7.00. The number of hydrogen-bond donors (Lipinski definition) is 3. The summed E-state index contributed by atoms with van der Waals surface area (Å²) in [7, 11) is -0.776. The molecule has 0 bridgehead atoms. The number of ether oxygens (including phenoxy) is 3. The predicted molar refractivity (Wildman–Crippen MR) is 122 cm³/mol. The van der Waals surface area contributed by atoms with Crippen LogP contribution >= 0.6 is 0 Å². The van der Waals surface area contributed by atoms with Gasteiger partial charge >= 0.3 is 0 Å². The Morgan fingerprint density at radius 1 is 1.09 bits per heavy atom. The molecule has 2 aromatic carbocycles. The van der Waals surface area contributed by atoms with Gasteiger partial charge in [-0.1, -0.05) is 18.2 Å². The summed E-state index contributed by atoms with van der Waals surface area (Å²) < 4.78 is 44.2. The maximum Gasteiger partial charge on any atom is 0.241 e. The fourth-order valence-corrected chi connectivity index (χ4v) is 5.01. The molecule has 0 saturated carbocycles. The van der Waals surface area contributed by atoms with Gasteiger partial charge in [-0.15, -0.1) is 0 Å². The summed E-state index contributed by atoms with van der Waals surface area (Å²) in [6.07, 6.45) is -0.112. The first-order valence-corrected chi connectivity index (χ1v) is 12.1. The average molecular weight is 479 g/mol. The number of carbonyl (C=O) groups excluding carboxylic acids is 1. The number of hydrogen-bond acceptors (Lipinski definition) is 7. The zero-order valence-corrected chi connectivity index (χ0v) is 19.5. The third kappa shape index (κ3) is 6.91. The van der Waals surface area contributed by atoms with Gasteiger partial charge in [0.15, 0.2) is 0 Å². The molecule has 1 fully saturated rings. The Morgan fingerprint density at radius 3 is 2.48 bits per heavy atom. The molecule has 0 unspecified atom stereocenters. The second kappa shape index (κ2) is 11.5. The molecule has 0 aromatic heterocycles. The van der Waals surface area contributed by atoms with Crippen LogP contribution in [0.15, 0.2) is 53.4 Å². The molecule has 3 N–H and O–H groups in total. The van der Waals surface area contributed by atoms with Crippen LogP contribution in [0.5, 0.6) is 11.5 Å². The Labute approximate surface area is 194 Å². The summed E-state index contributed by atoms with van der Waals surface area (Å²) in [5.74, 6) is 0.993. The number of sulfonamides is 1. The number of nitrogens with one attached hydrogen (secondary N) is 2. The van der Waals surface area contributed by atoms with Gasteiger partial charge in [-0.05, 0) is 42.7 Å². The van der Waals surface area contributed by atoms with Crippen molar-refractivity contribution in [3.8, 4) is 11.5 Å². The number of benzene rings is 2. The lowest BCUT2D eigenvalue weighted by Crippen LogP contribution is -2.51. The molecule has 9 nitrogen and oxygen atoms in total. The minimum atomic E-state index is -3.83. The molecule has 1 heterocycles. The van der Waals surface area contributed by atoms with Crippen LogP contribution in [0.3, 0.4) is 0 Å². The number of aliphatic hydroxyl groups is 1. The number of aliphatic hydroxyl groups excluding tert-OH is 1. The van der Waals surface area contributed by atoms with E-state index in [1.54, 1.807) is 19.2 Å². The Balaban J connectivity index is 1.52. The molecule has 0 radical (unpaired) electrons. The fraction of sp³-hybridized carbons (Fsp3) is 0.435. The second-order valence-electron chi connectivity index (χ2n) is 7.79. The highest BCUT2D eigenvalue weighted by molar-refractivity contribution is 7.89. The van der Waals surface area contributed by atoms with Crippen LogP contribution in [0.25, 0.3) is 0 Å². The Kier molecular flexibility index (Phi) is 8.67. The highest BCUT2D eigenvalue weighted by Crippen LogP contribution is 2.24. The van der Waals surface area contributed by atoms with Crippen LogP contribution in [0.2, 0.25) is 0 Å². The van der Waals surface area contributed by atoms with E-state index in [1.807, 2.05) is 24.3 Å². The van der Waals surface area contributed by atoms with Crippen molar-refractivity contribution in [3.05, 3.63) is 54.1 Å². The van der Waals surface area contributed by atoms with Gasteiger partial charge in [0.25, 0.3) is 0 Å². The van der Waals surface area contributed by atoms with E-state index in [0.717, 1.165) is 11.3 Å². The molecule has 1 aliphatic rings. The van der Waals surface area contributed by atoms with Crippen molar-refractivity contribution < 1.29 is 32.5 Å². The summed E-state index contributed by atoms with van der Waals surface area (Å²) in [4.78, 5) is 12.4. The summed E-state index contributed by atoms with van der Waals surface area (Å²) in [6.45, 7) is 0.0111. The number of carbonyl (C=O) groups is 1. The smallest absolute Gasteiger partial charge is 0.241 e. The number of methoxy groups -OCH3 is 2. The van der Waals surface area contributed by atoms with Crippen molar-refractivity contribution in [2.45, 2.75) is 49.0 Å². The second-order valence-corrected chi connectivity index (χ2v) is 9.51. The first kappa shape index (κ1) is 25.0. The molecule has 10 heteroatoms. The molecule has 180 valence electrons. The first-order valence-electron chi connectivity index (χ1n) is 10.7. The topological polar surface area (TPSA) is 123 Å². The lowest BCUT2D eigenvalue weighted by atomic mass is 9.98. The van der Waals surface area contributed by atoms with Crippen molar-refractivity contribution in [2.24, 2.45) is 0 Å². The third-order valence-electron chi connectivity index (χ3n) is 5.52. The van der Waals surface area contributed by atoms with E-state index in [4.69, 9.17) is 14.2 Å². The lowest BCUT2D eigenvalue weighted by Gasteiger charge is -2.35. The van der Waals surface area contributed by atoms with Crippen molar-refractivity contribution in [1.82, 2.24) is 10.0 Å². The molecule has 1 saturated heterocycles. The average Bonchev–Trinajstić information content (AvgIpc) is 2.83. The van der Waals surface area contributed by atoms with Crippen LogP contribution in [0, 0.1) is 0 Å². The SMILES string of the molecule is COc1ccc(CNC(=O)C[C@@H]2CC[C@H](NS(=O)(=O)c3cccc(OC)c3)[C@@H](CO)O2)cc1. The van der Waals surface area contributed by atoms with E-state index in [-0.39, 0.29) is 23.8 Å². The van der Waals surface area contributed by atoms with Gasteiger partial charge in [-0.25, -0.2) is 13.1 Å². The van der Waals surface area contributed by atoms with Crippen molar-refractivity contribution in [1.29, 1.82) is 0 Å². The van der Waals surface area contributed by atoms with Crippen LogP contribution < -0.4 is 19.5 Å². The molecule has 2 aromatic rings. The maximum atomic E-state index is 12.8. The van der Waals surface area contributed by atoms with Crippen molar-refractivity contribution in [2.75, 3.05) is 20.8 Å². The van der Waals surface area contributed by atoms with Gasteiger partial charge in [-0.3, -0.25) is 4.79 Å². The summed E-state index contributed by atoms with van der Waals surface area (Å²) >= 11 is 0. The molecule has 1 amide bonds. The Bertz CT molecular complexity index is 1030. The zero-order chi connectivity index (χ0) is 23.8. The Morgan fingerprint density at radius 2 is 1.82 bits per heavy atom. The number of amides is 1. The first-order chi connectivity index (χ1) is 15.8. The standard InChI is InChI=1S/C23H30N2O7S/c1-30-17-8-6-16(7-9-17)14-24-23(27)13-19-10-11-21(22(15-26)32-19)25-33(28,29)20-5-3-4-18(12-20)31-2/h3-9,12,19,21-22,25-26H,10-11,13-15H2,1-2H3,(H,24,27)/t19-,21-,22+/m0/s1. The highest BCUT2D eigenvalue weighted by atomic mass is 32.2. The lowest BCUT2D eigenvalue weighted by molar-refractivity contribution is -0.130. The molecule has 33 heavy (non-hydrogen) atoms. The molecular formula is C23H30N2O7S. The monoisotopic (exact) mass is 478 g/mol. The molecular weight excluding hydrogens is 448 g/mol. The van der Waals surface area contributed by atoms with Gasteiger partial charge in [-0.2, -0.15) is 0 Å². The fourth-order valence-electron chi connectivity index (χ4n) is 3.68. The predicted octanol–water partition coefficient (Wildman–Crippen LogP) is 1.60. The summed E-state index contributed by atoms with van der Waals surface area (Å²) in [5, 5.41) is 12.6. The largest absolute Gasteiger partial charge is 0.497 e.